The standard InChI is InChI=1S/C14H12N2O3S/c17-20(18,9-11-4-2-1-3-5-11)16-12-6-7-13-14(8-12)19-10-15-13/h1-8,10,16H,9H2. The summed E-state index contributed by atoms with van der Waals surface area (Å²) >= 11 is 0. The third-order valence-electron chi connectivity index (χ3n) is 2.80. The van der Waals surface area contributed by atoms with Crippen LogP contribution in [0.25, 0.3) is 11.1 Å². The highest BCUT2D eigenvalue weighted by molar-refractivity contribution is 7.91. The number of hydrogen-bond acceptors (Lipinski definition) is 4. The van der Waals surface area contributed by atoms with Crippen molar-refractivity contribution in [3.05, 3.63) is 60.5 Å². The monoisotopic (exact) mass is 288 g/mol. The second-order valence-electron chi connectivity index (χ2n) is 4.38. The van der Waals surface area contributed by atoms with Gasteiger partial charge in [-0.1, -0.05) is 30.3 Å². The quantitative estimate of drug-likeness (QED) is 0.801. The first kappa shape index (κ1) is 12.7. The predicted molar refractivity (Wildman–Crippen MR) is 76.7 cm³/mol. The van der Waals surface area contributed by atoms with Crippen molar-refractivity contribution in [3.8, 4) is 0 Å². The van der Waals surface area contributed by atoms with Gasteiger partial charge in [-0.3, -0.25) is 4.72 Å². The van der Waals surface area contributed by atoms with Crippen LogP contribution < -0.4 is 4.72 Å². The van der Waals surface area contributed by atoms with Crippen molar-refractivity contribution in [2.24, 2.45) is 0 Å². The molecule has 1 heterocycles. The molecule has 0 bridgehead atoms. The number of benzene rings is 2. The Hall–Kier alpha value is -2.34. The summed E-state index contributed by atoms with van der Waals surface area (Å²) in [5, 5.41) is 0. The van der Waals surface area contributed by atoms with E-state index in [4.69, 9.17) is 4.42 Å². The largest absolute Gasteiger partial charge is 0.443 e. The summed E-state index contributed by atoms with van der Waals surface area (Å²) in [5.74, 6) is -0.0672. The highest BCUT2D eigenvalue weighted by Gasteiger charge is 2.12. The van der Waals surface area contributed by atoms with Crippen LogP contribution in [0.5, 0.6) is 0 Å². The molecular weight excluding hydrogens is 276 g/mol. The number of hydrogen-bond donors (Lipinski definition) is 1. The molecule has 0 unspecified atom stereocenters. The highest BCUT2D eigenvalue weighted by Crippen LogP contribution is 2.19. The molecule has 0 aliphatic heterocycles. The van der Waals surface area contributed by atoms with E-state index in [1.807, 2.05) is 18.2 Å². The van der Waals surface area contributed by atoms with Crippen LogP contribution in [0, 0.1) is 0 Å². The summed E-state index contributed by atoms with van der Waals surface area (Å²) in [6, 6.07) is 14.0. The van der Waals surface area contributed by atoms with Gasteiger partial charge in [0.1, 0.15) is 5.52 Å². The van der Waals surface area contributed by atoms with E-state index in [1.165, 1.54) is 6.39 Å². The van der Waals surface area contributed by atoms with Gasteiger partial charge in [0.2, 0.25) is 10.0 Å². The van der Waals surface area contributed by atoms with Crippen molar-refractivity contribution in [1.82, 2.24) is 4.98 Å². The Morgan fingerprint density at radius 2 is 1.90 bits per heavy atom. The van der Waals surface area contributed by atoms with E-state index in [0.29, 0.717) is 16.8 Å². The normalized spacial score (nSPS) is 11.6. The van der Waals surface area contributed by atoms with Crippen LogP contribution in [-0.4, -0.2) is 13.4 Å². The van der Waals surface area contributed by atoms with Gasteiger partial charge in [0.05, 0.1) is 11.4 Å². The lowest BCUT2D eigenvalue weighted by atomic mass is 10.2. The van der Waals surface area contributed by atoms with Gasteiger partial charge in [0.25, 0.3) is 0 Å². The molecule has 5 nitrogen and oxygen atoms in total. The van der Waals surface area contributed by atoms with Crippen molar-refractivity contribution in [3.63, 3.8) is 0 Å². The maximum absolute atomic E-state index is 12.1. The maximum Gasteiger partial charge on any atom is 0.236 e. The van der Waals surface area contributed by atoms with E-state index < -0.39 is 10.0 Å². The summed E-state index contributed by atoms with van der Waals surface area (Å²) in [6.45, 7) is 0. The smallest absolute Gasteiger partial charge is 0.236 e. The number of oxazole rings is 1. The van der Waals surface area contributed by atoms with E-state index in [-0.39, 0.29) is 5.75 Å². The van der Waals surface area contributed by atoms with Crippen molar-refractivity contribution in [2.45, 2.75) is 5.75 Å². The van der Waals surface area contributed by atoms with Crippen molar-refractivity contribution in [1.29, 1.82) is 0 Å². The molecule has 0 saturated carbocycles. The first-order valence-corrected chi connectivity index (χ1v) is 7.65. The summed E-state index contributed by atoms with van der Waals surface area (Å²) in [6.07, 6.45) is 1.33. The molecule has 1 N–H and O–H groups in total. The molecule has 0 spiro atoms. The van der Waals surface area contributed by atoms with Gasteiger partial charge >= 0.3 is 0 Å². The molecule has 2 aromatic carbocycles. The van der Waals surface area contributed by atoms with Gasteiger partial charge in [-0.15, -0.1) is 0 Å². The second-order valence-corrected chi connectivity index (χ2v) is 6.10. The predicted octanol–water partition coefficient (Wildman–Crippen LogP) is 2.77. The van der Waals surface area contributed by atoms with Gasteiger partial charge in [0.15, 0.2) is 12.0 Å². The Balaban J connectivity index is 1.82. The van der Waals surface area contributed by atoms with E-state index in [9.17, 15) is 8.42 Å². The Kier molecular flexibility index (Phi) is 3.15. The number of aromatic nitrogens is 1. The Labute approximate surface area is 116 Å². The van der Waals surface area contributed by atoms with Crippen LogP contribution in [0.3, 0.4) is 0 Å². The molecule has 20 heavy (non-hydrogen) atoms. The maximum atomic E-state index is 12.1. The van der Waals surface area contributed by atoms with E-state index in [0.717, 1.165) is 5.56 Å². The molecule has 0 radical (unpaired) electrons. The lowest BCUT2D eigenvalue weighted by Gasteiger charge is -2.07. The molecule has 0 aliphatic carbocycles. The Morgan fingerprint density at radius 3 is 2.70 bits per heavy atom. The zero-order chi connectivity index (χ0) is 14.0. The minimum Gasteiger partial charge on any atom is -0.443 e. The molecule has 3 aromatic rings. The van der Waals surface area contributed by atoms with E-state index >= 15 is 0 Å². The van der Waals surface area contributed by atoms with Gasteiger partial charge in [-0.25, -0.2) is 13.4 Å². The highest BCUT2D eigenvalue weighted by atomic mass is 32.2. The summed E-state index contributed by atoms with van der Waals surface area (Å²) in [4.78, 5) is 3.98. The van der Waals surface area contributed by atoms with Crippen molar-refractivity contribution >= 4 is 26.8 Å². The van der Waals surface area contributed by atoms with Crippen LogP contribution in [0.1, 0.15) is 5.56 Å². The minimum atomic E-state index is -3.45. The number of rotatable bonds is 4. The molecule has 3 rings (SSSR count). The third kappa shape index (κ3) is 2.80. The molecule has 0 aliphatic rings. The zero-order valence-electron chi connectivity index (χ0n) is 10.5. The first-order chi connectivity index (χ1) is 9.62. The summed E-state index contributed by atoms with van der Waals surface area (Å²) < 4.78 is 31.9. The van der Waals surface area contributed by atoms with Gasteiger partial charge < -0.3 is 4.42 Å². The SMILES string of the molecule is O=S(=O)(Cc1ccccc1)Nc1ccc2ncoc2c1. The minimum absolute atomic E-state index is 0.0672. The third-order valence-corrected chi connectivity index (χ3v) is 4.06. The number of sulfonamides is 1. The molecule has 0 fully saturated rings. The number of nitrogens with one attached hydrogen (secondary N) is 1. The van der Waals surface area contributed by atoms with Gasteiger partial charge in [0, 0.05) is 6.07 Å². The molecule has 1 aromatic heterocycles. The van der Waals surface area contributed by atoms with Gasteiger partial charge in [-0.05, 0) is 17.7 Å². The fourth-order valence-corrected chi connectivity index (χ4v) is 3.12. The average molecular weight is 288 g/mol. The van der Waals surface area contributed by atoms with Crippen LogP contribution in [-0.2, 0) is 15.8 Å². The van der Waals surface area contributed by atoms with E-state index in [2.05, 4.69) is 9.71 Å². The van der Waals surface area contributed by atoms with E-state index in [1.54, 1.807) is 30.3 Å². The lowest BCUT2D eigenvalue weighted by molar-refractivity contribution is 0.600. The fraction of sp³-hybridized carbons (Fsp3) is 0.0714. The van der Waals surface area contributed by atoms with Crippen LogP contribution in [0.15, 0.2) is 59.3 Å². The number of nitrogens with zero attached hydrogens (tertiary/aromatic N) is 1. The molecule has 102 valence electrons. The van der Waals surface area contributed by atoms with Crippen LogP contribution in [0.2, 0.25) is 0 Å². The topological polar surface area (TPSA) is 72.2 Å². The Morgan fingerprint density at radius 1 is 1.10 bits per heavy atom. The molecule has 0 atom stereocenters. The summed E-state index contributed by atoms with van der Waals surface area (Å²) in [5.41, 5.74) is 2.44. The van der Waals surface area contributed by atoms with Crippen molar-refractivity contribution < 1.29 is 12.8 Å². The van der Waals surface area contributed by atoms with Crippen LogP contribution in [0.4, 0.5) is 5.69 Å². The second kappa shape index (κ2) is 4.97. The lowest BCUT2D eigenvalue weighted by Crippen LogP contribution is -2.14. The molecule has 0 saturated heterocycles. The summed E-state index contributed by atoms with van der Waals surface area (Å²) in [7, 11) is -3.45. The van der Waals surface area contributed by atoms with Crippen molar-refractivity contribution in [2.75, 3.05) is 4.72 Å². The average Bonchev–Trinajstić information content (AvgIpc) is 2.86. The van der Waals surface area contributed by atoms with Crippen LogP contribution >= 0.6 is 0 Å². The van der Waals surface area contributed by atoms with Gasteiger partial charge in [-0.2, -0.15) is 0 Å². The Bertz CT molecular complexity index is 826. The number of fused-ring (bicyclic) bond motifs is 1. The number of anilines is 1. The molecular formula is C14H12N2O3S. The molecule has 6 heteroatoms. The zero-order valence-corrected chi connectivity index (χ0v) is 11.3. The first-order valence-electron chi connectivity index (χ1n) is 6.00. The fourth-order valence-electron chi connectivity index (χ4n) is 1.93. The molecule has 0 amide bonds.